The van der Waals surface area contributed by atoms with Crippen molar-refractivity contribution in [2.75, 3.05) is 26.2 Å². The SMILES string of the molecule is CCCN1CCN(C(=O)c2cnc[nH]2)C[C@@H](Cc2ccccc2-c2ccncc2)C1=O. The van der Waals surface area contributed by atoms with E-state index in [0.717, 1.165) is 23.1 Å². The first-order valence-corrected chi connectivity index (χ1v) is 10.7. The number of imidazole rings is 1. The normalized spacial score (nSPS) is 16.9. The maximum atomic E-state index is 13.4. The Labute approximate surface area is 182 Å². The van der Waals surface area contributed by atoms with E-state index in [2.05, 4.69) is 34.0 Å². The topological polar surface area (TPSA) is 82.2 Å². The fourth-order valence-corrected chi connectivity index (χ4v) is 4.19. The molecule has 0 aliphatic carbocycles. The number of carbonyl (C=O) groups excluding carboxylic acids is 2. The molecule has 7 heteroatoms. The van der Waals surface area contributed by atoms with Crippen LogP contribution in [0.4, 0.5) is 0 Å². The molecule has 2 amide bonds. The molecule has 4 rings (SSSR count). The number of benzene rings is 1. The van der Waals surface area contributed by atoms with E-state index in [1.165, 1.54) is 12.5 Å². The smallest absolute Gasteiger partial charge is 0.271 e. The Balaban J connectivity index is 1.63. The van der Waals surface area contributed by atoms with Gasteiger partial charge in [0.05, 0.1) is 18.4 Å². The molecule has 3 aromatic rings. The Kier molecular flexibility index (Phi) is 6.40. The van der Waals surface area contributed by atoms with Crippen molar-refractivity contribution in [3.63, 3.8) is 0 Å². The van der Waals surface area contributed by atoms with Crippen molar-refractivity contribution in [3.05, 3.63) is 72.6 Å². The summed E-state index contributed by atoms with van der Waals surface area (Å²) >= 11 is 0. The largest absolute Gasteiger partial charge is 0.341 e. The molecular weight excluding hydrogens is 390 g/mol. The van der Waals surface area contributed by atoms with E-state index in [-0.39, 0.29) is 17.7 Å². The number of H-pyrrole nitrogens is 1. The molecule has 31 heavy (non-hydrogen) atoms. The number of hydrogen-bond acceptors (Lipinski definition) is 4. The summed E-state index contributed by atoms with van der Waals surface area (Å²) in [4.78, 5) is 41.0. The van der Waals surface area contributed by atoms with Crippen LogP contribution in [-0.2, 0) is 11.2 Å². The van der Waals surface area contributed by atoms with Gasteiger partial charge in [-0.1, -0.05) is 31.2 Å². The van der Waals surface area contributed by atoms with Crippen LogP contribution >= 0.6 is 0 Å². The Morgan fingerprint density at radius 1 is 1.13 bits per heavy atom. The number of rotatable bonds is 6. The molecule has 160 valence electrons. The summed E-state index contributed by atoms with van der Waals surface area (Å²) in [6, 6.07) is 12.1. The lowest BCUT2D eigenvalue weighted by Crippen LogP contribution is -2.38. The van der Waals surface area contributed by atoms with Crippen LogP contribution in [0.2, 0.25) is 0 Å². The van der Waals surface area contributed by atoms with Gasteiger partial charge in [0.1, 0.15) is 5.69 Å². The van der Waals surface area contributed by atoms with Crippen LogP contribution in [0.15, 0.2) is 61.3 Å². The van der Waals surface area contributed by atoms with Gasteiger partial charge in [-0.2, -0.15) is 0 Å². The van der Waals surface area contributed by atoms with Gasteiger partial charge < -0.3 is 14.8 Å². The molecule has 0 bridgehead atoms. The molecule has 2 aromatic heterocycles. The van der Waals surface area contributed by atoms with Crippen LogP contribution in [0, 0.1) is 5.92 Å². The summed E-state index contributed by atoms with van der Waals surface area (Å²) in [5, 5.41) is 0. The summed E-state index contributed by atoms with van der Waals surface area (Å²) in [6.45, 7) is 4.23. The minimum Gasteiger partial charge on any atom is -0.341 e. The number of pyridine rings is 1. The average molecular weight is 418 g/mol. The van der Waals surface area contributed by atoms with Crippen LogP contribution in [0.3, 0.4) is 0 Å². The molecule has 7 nitrogen and oxygen atoms in total. The number of nitrogens with one attached hydrogen (secondary N) is 1. The fraction of sp³-hybridized carbons (Fsp3) is 0.333. The van der Waals surface area contributed by atoms with Crippen molar-refractivity contribution in [3.8, 4) is 11.1 Å². The number of amides is 2. The van der Waals surface area contributed by atoms with E-state index < -0.39 is 0 Å². The molecule has 1 aromatic carbocycles. The van der Waals surface area contributed by atoms with Gasteiger partial charge in [0.15, 0.2) is 0 Å². The summed E-state index contributed by atoms with van der Waals surface area (Å²) < 4.78 is 0. The number of nitrogens with zero attached hydrogens (tertiary/aromatic N) is 4. The first-order valence-electron chi connectivity index (χ1n) is 10.7. The third-order valence-corrected chi connectivity index (χ3v) is 5.73. The molecule has 0 radical (unpaired) electrons. The fourth-order valence-electron chi connectivity index (χ4n) is 4.19. The second kappa shape index (κ2) is 9.55. The molecule has 1 fully saturated rings. The summed E-state index contributed by atoms with van der Waals surface area (Å²) in [5.41, 5.74) is 3.71. The zero-order chi connectivity index (χ0) is 21.6. The number of aromatic amines is 1. The van der Waals surface area contributed by atoms with Crippen LogP contribution in [0.25, 0.3) is 11.1 Å². The molecule has 3 heterocycles. The molecular formula is C24H27N5O2. The molecule has 1 aliphatic rings. The standard InChI is InChI=1S/C24H27N5O2/c1-2-11-28-12-13-29(24(31)22-15-26-17-27-22)16-20(23(28)30)14-19-5-3-4-6-21(19)18-7-9-25-10-8-18/h3-10,15,17,20H,2,11-14,16H2,1H3,(H,26,27)/t20-/m1/s1. The molecule has 0 spiro atoms. The van der Waals surface area contributed by atoms with E-state index in [1.807, 2.05) is 29.2 Å². The lowest BCUT2D eigenvalue weighted by atomic mass is 9.91. The van der Waals surface area contributed by atoms with Crippen LogP contribution in [0.1, 0.15) is 29.4 Å². The Bertz CT molecular complexity index is 1020. The third-order valence-electron chi connectivity index (χ3n) is 5.73. The van der Waals surface area contributed by atoms with Crippen molar-refractivity contribution >= 4 is 11.8 Å². The van der Waals surface area contributed by atoms with Crippen LogP contribution < -0.4 is 0 Å². The number of carbonyl (C=O) groups is 2. The van der Waals surface area contributed by atoms with Crippen molar-refractivity contribution in [1.29, 1.82) is 0 Å². The monoisotopic (exact) mass is 417 g/mol. The lowest BCUT2D eigenvalue weighted by molar-refractivity contribution is -0.134. The molecule has 1 atom stereocenters. The van der Waals surface area contributed by atoms with Gasteiger partial charge in [-0.15, -0.1) is 0 Å². The summed E-state index contributed by atoms with van der Waals surface area (Å²) in [7, 11) is 0. The van der Waals surface area contributed by atoms with E-state index >= 15 is 0 Å². The first-order chi connectivity index (χ1) is 15.2. The van der Waals surface area contributed by atoms with Gasteiger partial charge in [-0.3, -0.25) is 14.6 Å². The highest BCUT2D eigenvalue weighted by Crippen LogP contribution is 2.27. The van der Waals surface area contributed by atoms with E-state index in [9.17, 15) is 9.59 Å². The van der Waals surface area contributed by atoms with Crippen molar-refractivity contribution in [2.45, 2.75) is 19.8 Å². The zero-order valence-electron chi connectivity index (χ0n) is 17.7. The van der Waals surface area contributed by atoms with E-state index in [0.29, 0.717) is 38.3 Å². The Morgan fingerprint density at radius 2 is 1.94 bits per heavy atom. The summed E-state index contributed by atoms with van der Waals surface area (Å²) in [6.07, 6.45) is 8.05. The predicted molar refractivity (Wildman–Crippen MR) is 118 cm³/mol. The number of hydrogen-bond donors (Lipinski definition) is 1. The lowest BCUT2D eigenvalue weighted by Gasteiger charge is -2.24. The van der Waals surface area contributed by atoms with Gasteiger partial charge >= 0.3 is 0 Å². The highest BCUT2D eigenvalue weighted by molar-refractivity contribution is 5.93. The van der Waals surface area contributed by atoms with Crippen molar-refractivity contribution < 1.29 is 9.59 Å². The minimum absolute atomic E-state index is 0.115. The molecule has 0 unspecified atom stereocenters. The molecule has 0 saturated carbocycles. The Hall–Kier alpha value is -3.48. The van der Waals surface area contributed by atoms with Gasteiger partial charge in [-0.25, -0.2) is 4.98 Å². The van der Waals surface area contributed by atoms with Gasteiger partial charge in [-0.05, 0) is 41.7 Å². The quantitative estimate of drug-likeness (QED) is 0.668. The minimum atomic E-state index is -0.302. The maximum absolute atomic E-state index is 13.4. The Morgan fingerprint density at radius 3 is 2.68 bits per heavy atom. The van der Waals surface area contributed by atoms with Crippen molar-refractivity contribution in [1.82, 2.24) is 24.8 Å². The molecule has 1 N–H and O–H groups in total. The van der Waals surface area contributed by atoms with Gasteiger partial charge in [0.25, 0.3) is 5.91 Å². The van der Waals surface area contributed by atoms with E-state index in [1.54, 1.807) is 17.3 Å². The molecule has 1 saturated heterocycles. The first kappa shape index (κ1) is 20.8. The summed E-state index contributed by atoms with van der Waals surface area (Å²) in [5.74, 6) is -0.300. The highest BCUT2D eigenvalue weighted by atomic mass is 16.2. The second-order valence-electron chi connectivity index (χ2n) is 7.84. The van der Waals surface area contributed by atoms with E-state index in [4.69, 9.17) is 0 Å². The van der Waals surface area contributed by atoms with Crippen molar-refractivity contribution in [2.24, 2.45) is 5.92 Å². The van der Waals surface area contributed by atoms with Crippen LogP contribution in [0.5, 0.6) is 0 Å². The van der Waals surface area contributed by atoms with Crippen LogP contribution in [-0.4, -0.2) is 62.7 Å². The predicted octanol–water partition coefficient (Wildman–Crippen LogP) is 3.03. The third kappa shape index (κ3) is 4.66. The maximum Gasteiger partial charge on any atom is 0.271 e. The second-order valence-corrected chi connectivity index (χ2v) is 7.84. The molecule has 1 aliphatic heterocycles. The van der Waals surface area contributed by atoms with Gasteiger partial charge in [0, 0.05) is 38.6 Å². The highest BCUT2D eigenvalue weighted by Gasteiger charge is 2.33. The van der Waals surface area contributed by atoms with Gasteiger partial charge in [0.2, 0.25) is 5.91 Å². The zero-order valence-corrected chi connectivity index (χ0v) is 17.7. The average Bonchev–Trinajstić information content (AvgIpc) is 3.30. The number of aromatic nitrogens is 3.